The van der Waals surface area contributed by atoms with Crippen molar-refractivity contribution in [3.05, 3.63) is 18.0 Å². The van der Waals surface area contributed by atoms with Crippen molar-refractivity contribution in [3.8, 4) is 0 Å². The highest BCUT2D eigenvalue weighted by Gasteiger charge is 2.37. The van der Waals surface area contributed by atoms with Crippen LogP contribution in [0.4, 0.5) is 0 Å². The SMILES string of the molecule is CCCC1C(=O)NC(C)C(=O)N1CCc1ccnn1C. The van der Waals surface area contributed by atoms with Crippen LogP contribution in [0.15, 0.2) is 12.3 Å². The largest absolute Gasteiger partial charge is 0.343 e. The van der Waals surface area contributed by atoms with Crippen LogP contribution in [0, 0.1) is 0 Å². The van der Waals surface area contributed by atoms with E-state index in [1.807, 2.05) is 20.0 Å². The van der Waals surface area contributed by atoms with Gasteiger partial charge < -0.3 is 10.2 Å². The molecule has 1 N–H and O–H groups in total. The van der Waals surface area contributed by atoms with Crippen LogP contribution in [0.25, 0.3) is 0 Å². The second-order valence-corrected chi connectivity index (χ2v) is 5.26. The number of hydrogen-bond donors (Lipinski definition) is 1. The molecule has 1 aromatic rings. The molecule has 0 saturated carbocycles. The predicted octanol–water partition coefficient (Wildman–Crippen LogP) is 0.478. The highest BCUT2D eigenvalue weighted by molar-refractivity contribution is 5.96. The number of piperazine rings is 1. The van der Waals surface area contributed by atoms with Crippen LogP contribution in [0.5, 0.6) is 0 Å². The summed E-state index contributed by atoms with van der Waals surface area (Å²) in [6.45, 7) is 4.31. The van der Waals surface area contributed by atoms with E-state index in [0.29, 0.717) is 19.4 Å². The molecule has 1 aliphatic rings. The van der Waals surface area contributed by atoms with Crippen LogP contribution in [-0.2, 0) is 23.1 Å². The van der Waals surface area contributed by atoms with Crippen molar-refractivity contribution in [2.24, 2.45) is 7.05 Å². The molecule has 2 heterocycles. The lowest BCUT2D eigenvalue weighted by Gasteiger charge is -2.38. The standard InChI is InChI=1S/C14H22N4O2/c1-4-5-12-13(19)16-10(2)14(20)18(12)9-7-11-6-8-15-17(11)3/h6,8,10,12H,4-5,7,9H2,1-3H3,(H,16,19). The fraction of sp³-hybridized carbons (Fsp3) is 0.643. The van der Waals surface area contributed by atoms with Crippen molar-refractivity contribution in [2.45, 2.75) is 45.2 Å². The van der Waals surface area contributed by atoms with E-state index in [2.05, 4.69) is 10.4 Å². The minimum atomic E-state index is -0.429. The van der Waals surface area contributed by atoms with E-state index < -0.39 is 6.04 Å². The van der Waals surface area contributed by atoms with Crippen molar-refractivity contribution < 1.29 is 9.59 Å². The van der Waals surface area contributed by atoms with Crippen LogP contribution in [-0.4, -0.2) is 45.1 Å². The molecule has 6 heteroatoms. The zero-order valence-corrected chi connectivity index (χ0v) is 12.3. The van der Waals surface area contributed by atoms with Crippen LogP contribution in [0.3, 0.4) is 0 Å². The Morgan fingerprint density at radius 1 is 1.40 bits per heavy atom. The van der Waals surface area contributed by atoms with Gasteiger partial charge in [-0.3, -0.25) is 14.3 Å². The number of carbonyl (C=O) groups excluding carboxylic acids is 2. The number of rotatable bonds is 5. The van der Waals surface area contributed by atoms with Crippen molar-refractivity contribution in [1.29, 1.82) is 0 Å². The Hall–Kier alpha value is -1.85. The van der Waals surface area contributed by atoms with Crippen LogP contribution in [0.1, 0.15) is 32.4 Å². The summed E-state index contributed by atoms with van der Waals surface area (Å²) in [7, 11) is 1.88. The summed E-state index contributed by atoms with van der Waals surface area (Å²) in [5, 5.41) is 6.87. The lowest BCUT2D eigenvalue weighted by Crippen LogP contribution is -2.62. The van der Waals surface area contributed by atoms with Gasteiger partial charge in [-0.1, -0.05) is 13.3 Å². The van der Waals surface area contributed by atoms with E-state index in [1.165, 1.54) is 0 Å². The number of amides is 2. The molecule has 2 amide bonds. The van der Waals surface area contributed by atoms with Gasteiger partial charge in [0.25, 0.3) is 0 Å². The first-order valence-electron chi connectivity index (χ1n) is 7.12. The molecule has 1 fully saturated rings. The van der Waals surface area contributed by atoms with E-state index in [1.54, 1.807) is 22.7 Å². The Kier molecular flexibility index (Phi) is 4.42. The second kappa shape index (κ2) is 6.07. The molecule has 0 radical (unpaired) electrons. The maximum Gasteiger partial charge on any atom is 0.245 e. The van der Waals surface area contributed by atoms with E-state index in [-0.39, 0.29) is 17.9 Å². The van der Waals surface area contributed by atoms with Gasteiger partial charge in [-0.05, 0) is 19.4 Å². The average molecular weight is 278 g/mol. The number of hydrogen-bond acceptors (Lipinski definition) is 3. The zero-order valence-electron chi connectivity index (χ0n) is 12.3. The Morgan fingerprint density at radius 3 is 2.75 bits per heavy atom. The van der Waals surface area contributed by atoms with Crippen molar-refractivity contribution >= 4 is 11.8 Å². The molecule has 2 unspecified atom stereocenters. The van der Waals surface area contributed by atoms with Gasteiger partial charge in [-0.2, -0.15) is 5.10 Å². The number of nitrogens with one attached hydrogen (secondary N) is 1. The van der Waals surface area contributed by atoms with Gasteiger partial charge in [0.05, 0.1) is 0 Å². The molecule has 1 aromatic heterocycles. The molecule has 2 atom stereocenters. The molecule has 2 rings (SSSR count). The van der Waals surface area contributed by atoms with Gasteiger partial charge in [0.2, 0.25) is 11.8 Å². The minimum absolute atomic E-state index is 0.00483. The maximum atomic E-state index is 12.3. The zero-order chi connectivity index (χ0) is 14.7. The lowest BCUT2D eigenvalue weighted by atomic mass is 10.0. The van der Waals surface area contributed by atoms with Gasteiger partial charge in [0.1, 0.15) is 12.1 Å². The van der Waals surface area contributed by atoms with E-state index in [9.17, 15) is 9.59 Å². The van der Waals surface area contributed by atoms with E-state index in [4.69, 9.17) is 0 Å². The molecule has 0 aliphatic carbocycles. The Balaban J connectivity index is 2.09. The van der Waals surface area contributed by atoms with E-state index >= 15 is 0 Å². The maximum absolute atomic E-state index is 12.3. The third-order valence-corrected chi connectivity index (χ3v) is 3.78. The molecule has 1 aliphatic heterocycles. The Bertz CT molecular complexity index is 497. The van der Waals surface area contributed by atoms with Gasteiger partial charge in [0, 0.05) is 31.9 Å². The number of nitrogens with zero attached hydrogens (tertiary/aromatic N) is 3. The molecular weight excluding hydrogens is 256 g/mol. The lowest BCUT2D eigenvalue weighted by molar-refractivity contribution is -0.149. The van der Waals surface area contributed by atoms with Gasteiger partial charge >= 0.3 is 0 Å². The van der Waals surface area contributed by atoms with Crippen LogP contribution >= 0.6 is 0 Å². The average Bonchev–Trinajstić information content (AvgIpc) is 2.81. The quantitative estimate of drug-likeness (QED) is 0.852. The van der Waals surface area contributed by atoms with Gasteiger partial charge in [-0.25, -0.2) is 0 Å². The second-order valence-electron chi connectivity index (χ2n) is 5.26. The minimum Gasteiger partial charge on any atom is -0.343 e. The van der Waals surface area contributed by atoms with Crippen molar-refractivity contribution in [2.75, 3.05) is 6.54 Å². The summed E-state index contributed by atoms with van der Waals surface area (Å²) in [6, 6.07) is 1.17. The summed E-state index contributed by atoms with van der Waals surface area (Å²) < 4.78 is 1.80. The Labute approximate surface area is 119 Å². The highest BCUT2D eigenvalue weighted by Crippen LogP contribution is 2.15. The molecule has 0 aromatic carbocycles. The molecule has 20 heavy (non-hydrogen) atoms. The summed E-state index contributed by atoms with van der Waals surface area (Å²) in [5.41, 5.74) is 1.06. The predicted molar refractivity (Wildman–Crippen MR) is 74.9 cm³/mol. The monoisotopic (exact) mass is 278 g/mol. The number of carbonyl (C=O) groups is 2. The third-order valence-electron chi connectivity index (χ3n) is 3.78. The molecular formula is C14H22N4O2. The molecule has 6 nitrogen and oxygen atoms in total. The summed E-state index contributed by atoms with van der Waals surface area (Å²) in [5.74, 6) is -0.0332. The molecule has 0 bridgehead atoms. The molecule has 110 valence electrons. The number of aryl methyl sites for hydroxylation is 1. The smallest absolute Gasteiger partial charge is 0.245 e. The third kappa shape index (κ3) is 2.84. The van der Waals surface area contributed by atoms with Gasteiger partial charge in [-0.15, -0.1) is 0 Å². The fourth-order valence-corrected chi connectivity index (χ4v) is 2.62. The van der Waals surface area contributed by atoms with Gasteiger partial charge in [0.15, 0.2) is 0 Å². The normalized spacial score (nSPS) is 23.1. The van der Waals surface area contributed by atoms with Crippen molar-refractivity contribution in [3.63, 3.8) is 0 Å². The summed E-state index contributed by atoms with van der Waals surface area (Å²) in [6.07, 6.45) is 4.03. The first-order valence-corrected chi connectivity index (χ1v) is 7.12. The van der Waals surface area contributed by atoms with E-state index in [0.717, 1.165) is 12.1 Å². The Morgan fingerprint density at radius 2 is 2.15 bits per heavy atom. The summed E-state index contributed by atoms with van der Waals surface area (Å²) in [4.78, 5) is 26.1. The number of aromatic nitrogens is 2. The first-order chi connectivity index (χ1) is 9.54. The first kappa shape index (κ1) is 14.6. The molecule has 0 spiro atoms. The fourth-order valence-electron chi connectivity index (χ4n) is 2.62. The molecule has 1 saturated heterocycles. The van der Waals surface area contributed by atoms with Crippen LogP contribution < -0.4 is 5.32 Å². The topological polar surface area (TPSA) is 67.2 Å². The highest BCUT2D eigenvalue weighted by atomic mass is 16.2. The van der Waals surface area contributed by atoms with Crippen LogP contribution in [0.2, 0.25) is 0 Å². The van der Waals surface area contributed by atoms with Crippen molar-refractivity contribution in [1.82, 2.24) is 20.0 Å². The summed E-state index contributed by atoms with van der Waals surface area (Å²) >= 11 is 0.